The van der Waals surface area contributed by atoms with Gasteiger partial charge in [0, 0.05) is 17.9 Å². The highest BCUT2D eigenvalue weighted by Gasteiger charge is 2.12. The van der Waals surface area contributed by atoms with Crippen LogP contribution in [0.2, 0.25) is 0 Å². The van der Waals surface area contributed by atoms with Crippen LogP contribution in [0.15, 0.2) is 6.07 Å². The predicted octanol–water partition coefficient (Wildman–Crippen LogP) is 2.38. The average Bonchev–Trinajstić information content (AvgIpc) is 2.26. The summed E-state index contributed by atoms with van der Waals surface area (Å²) in [5, 5.41) is 3.37. The molecule has 0 fully saturated rings. The van der Waals surface area contributed by atoms with Gasteiger partial charge in [0.25, 0.3) is 0 Å². The molecule has 0 radical (unpaired) electrons. The van der Waals surface area contributed by atoms with Gasteiger partial charge in [-0.2, -0.15) is 0 Å². The van der Waals surface area contributed by atoms with Crippen molar-refractivity contribution in [3.05, 3.63) is 28.6 Å². The van der Waals surface area contributed by atoms with E-state index in [1.165, 1.54) is 48.2 Å². The fourth-order valence-electron chi connectivity index (χ4n) is 2.22. The van der Waals surface area contributed by atoms with Gasteiger partial charge in [-0.1, -0.05) is 13.0 Å². The second kappa shape index (κ2) is 4.75. The Morgan fingerprint density at radius 3 is 2.93 bits per heavy atom. The summed E-state index contributed by atoms with van der Waals surface area (Å²) in [7, 11) is 0. The molecule has 0 aromatic carbocycles. The number of hydrogen-bond donors (Lipinski definition) is 1. The smallest absolute Gasteiger partial charge is 0.0438 e. The largest absolute Gasteiger partial charge is 0.313 e. The van der Waals surface area contributed by atoms with Gasteiger partial charge in [-0.15, -0.1) is 0 Å². The van der Waals surface area contributed by atoms with E-state index in [0.717, 1.165) is 13.1 Å². The molecule has 2 nitrogen and oxygen atoms in total. The Kier molecular flexibility index (Phi) is 3.37. The van der Waals surface area contributed by atoms with Crippen LogP contribution >= 0.6 is 0 Å². The second-order valence-corrected chi connectivity index (χ2v) is 4.33. The molecule has 0 spiro atoms. The fourth-order valence-corrected chi connectivity index (χ4v) is 2.22. The lowest BCUT2D eigenvalue weighted by atomic mass is 9.94. The molecule has 82 valence electrons. The SMILES string of the molecule is CCNCc1cc2c(nc1C)CCCC2. The minimum absolute atomic E-state index is 0.961. The van der Waals surface area contributed by atoms with Crippen LogP contribution < -0.4 is 5.32 Å². The molecule has 2 rings (SSSR count). The van der Waals surface area contributed by atoms with Crippen LogP contribution in [0.4, 0.5) is 0 Å². The first-order valence-electron chi connectivity index (χ1n) is 6.00. The number of rotatable bonds is 3. The van der Waals surface area contributed by atoms with Crippen molar-refractivity contribution in [3.63, 3.8) is 0 Å². The van der Waals surface area contributed by atoms with E-state index in [9.17, 15) is 0 Å². The van der Waals surface area contributed by atoms with Gasteiger partial charge in [-0.05, 0) is 50.3 Å². The van der Waals surface area contributed by atoms with E-state index >= 15 is 0 Å². The summed E-state index contributed by atoms with van der Waals surface area (Å²) in [4.78, 5) is 4.73. The molecule has 0 bridgehead atoms. The van der Waals surface area contributed by atoms with Crippen molar-refractivity contribution in [2.75, 3.05) is 6.54 Å². The first kappa shape index (κ1) is 10.6. The standard InChI is InChI=1S/C13H20N2/c1-3-14-9-12-8-11-6-4-5-7-13(11)15-10(12)2/h8,14H,3-7,9H2,1-2H3. The Balaban J connectivity index is 2.24. The third-order valence-electron chi connectivity index (χ3n) is 3.16. The molecule has 0 saturated heterocycles. The Labute approximate surface area is 92.1 Å². The molecule has 1 heterocycles. The number of aromatic nitrogens is 1. The number of nitrogens with one attached hydrogen (secondary N) is 1. The molecule has 0 unspecified atom stereocenters. The van der Waals surface area contributed by atoms with E-state index in [0.29, 0.717) is 0 Å². The van der Waals surface area contributed by atoms with E-state index in [-0.39, 0.29) is 0 Å². The van der Waals surface area contributed by atoms with E-state index in [4.69, 9.17) is 4.98 Å². The number of fused-ring (bicyclic) bond motifs is 1. The summed E-state index contributed by atoms with van der Waals surface area (Å²) in [6.07, 6.45) is 5.05. The van der Waals surface area contributed by atoms with Crippen molar-refractivity contribution in [2.24, 2.45) is 0 Å². The number of hydrogen-bond acceptors (Lipinski definition) is 2. The summed E-state index contributed by atoms with van der Waals surface area (Å²) in [5.41, 5.74) is 5.41. The maximum absolute atomic E-state index is 4.73. The molecule has 1 aromatic rings. The Morgan fingerprint density at radius 2 is 2.13 bits per heavy atom. The minimum Gasteiger partial charge on any atom is -0.313 e. The zero-order chi connectivity index (χ0) is 10.7. The van der Waals surface area contributed by atoms with Crippen LogP contribution in [0.1, 0.15) is 42.3 Å². The van der Waals surface area contributed by atoms with Crippen LogP contribution in [0.25, 0.3) is 0 Å². The molecule has 0 amide bonds. The third-order valence-corrected chi connectivity index (χ3v) is 3.16. The minimum atomic E-state index is 0.961. The highest BCUT2D eigenvalue weighted by Crippen LogP contribution is 2.21. The van der Waals surface area contributed by atoms with Crippen LogP contribution in [-0.2, 0) is 19.4 Å². The number of nitrogens with zero attached hydrogens (tertiary/aromatic N) is 1. The van der Waals surface area contributed by atoms with E-state index in [1.54, 1.807) is 0 Å². The molecule has 0 atom stereocenters. The van der Waals surface area contributed by atoms with Crippen molar-refractivity contribution in [1.29, 1.82) is 0 Å². The lowest BCUT2D eigenvalue weighted by Gasteiger charge is -2.17. The second-order valence-electron chi connectivity index (χ2n) is 4.33. The molecule has 0 aliphatic heterocycles. The van der Waals surface area contributed by atoms with Gasteiger partial charge in [0.1, 0.15) is 0 Å². The van der Waals surface area contributed by atoms with Gasteiger partial charge >= 0.3 is 0 Å². The van der Waals surface area contributed by atoms with Crippen LogP contribution in [0.5, 0.6) is 0 Å². The van der Waals surface area contributed by atoms with Crippen LogP contribution in [0, 0.1) is 6.92 Å². The summed E-state index contributed by atoms with van der Waals surface area (Å²) >= 11 is 0. The molecule has 1 aromatic heterocycles. The predicted molar refractivity (Wildman–Crippen MR) is 63.0 cm³/mol. The van der Waals surface area contributed by atoms with Crippen molar-refractivity contribution in [2.45, 2.75) is 46.1 Å². The van der Waals surface area contributed by atoms with Crippen LogP contribution in [0.3, 0.4) is 0 Å². The van der Waals surface area contributed by atoms with Crippen molar-refractivity contribution in [3.8, 4) is 0 Å². The van der Waals surface area contributed by atoms with E-state index < -0.39 is 0 Å². The van der Waals surface area contributed by atoms with Crippen molar-refractivity contribution < 1.29 is 0 Å². The number of aryl methyl sites for hydroxylation is 3. The van der Waals surface area contributed by atoms with E-state index in [1.807, 2.05) is 0 Å². The van der Waals surface area contributed by atoms with Gasteiger partial charge in [0.05, 0.1) is 0 Å². The maximum Gasteiger partial charge on any atom is 0.0438 e. The Bertz CT molecular complexity index is 345. The van der Waals surface area contributed by atoms with Gasteiger partial charge in [-0.25, -0.2) is 0 Å². The highest BCUT2D eigenvalue weighted by atomic mass is 14.8. The lowest BCUT2D eigenvalue weighted by Crippen LogP contribution is -2.15. The average molecular weight is 204 g/mol. The first-order valence-corrected chi connectivity index (χ1v) is 6.00. The molecule has 15 heavy (non-hydrogen) atoms. The quantitative estimate of drug-likeness (QED) is 0.817. The molecule has 2 heteroatoms. The summed E-state index contributed by atoms with van der Waals surface area (Å²) < 4.78 is 0. The Hall–Kier alpha value is -0.890. The Morgan fingerprint density at radius 1 is 1.33 bits per heavy atom. The summed E-state index contributed by atoms with van der Waals surface area (Å²) in [6.45, 7) is 6.25. The summed E-state index contributed by atoms with van der Waals surface area (Å²) in [5.74, 6) is 0. The fraction of sp³-hybridized carbons (Fsp3) is 0.615. The molecule has 1 aliphatic carbocycles. The summed E-state index contributed by atoms with van der Waals surface area (Å²) in [6, 6.07) is 2.36. The van der Waals surface area contributed by atoms with E-state index in [2.05, 4.69) is 25.2 Å². The van der Waals surface area contributed by atoms with Gasteiger partial charge in [0.2, 0.25) is 0 Å². The maximum atomic E-state index is 4.73. The lowest BCUT2D eigenvalue weighted by molar-refractivity contribution is 0.655. The first-order chi connectivity index (χ1) is 7.31. The molecule has 1 N–H and O–H groups in total. The van der Waals surface area contributed by atoms with Crippen molar-refractivity contribution in [1.82, 2.24) is 10.3 Å². The zero-order valence-corrected chi connectivity index (χ0v) is 9.77. The van der Waals surface area contributed by atoms with Gasteiger partial charge in [0.15, 0.2) is 0 Å². The highest BCUT2D eigenvalue weighted by molar-refractivity contribution is 5.31. The molecule has 0 saturated carbocycles. The van der Waals surface area contributed by atoms with Gasteiger partial charge in [-0.3, -0.25) is 4.98 Å². The monoisotopic (exact) mass is 204 g/mol. The zero-order valence-electron chi connectivity index (χ0n) is 9.77. The van der Waals surface area contributed by atoms with Crippen LogP contribution in [-0.4, -0.2) is 11.5 Å². The number of pyridine rings is 1. The molecule has 1 aliphatic rings. The molecular formula is C13H20N2. The van der Waals surface area contributed by atoms with Crippen molar-refractivity contribution >= 4 is 0 Å². The topological polar surface area (TPSA) is 24.9 Å². The normalized spacial score (nSPS) is 15.1. The van der Waals surface area contributed by atoms with Gasteiger partial charge < -0.3 is 5.32 Å². The third kappa shape index (κ3) is 2.37. The molecular weight excluding hydrogens is 184 g/mol.